The predicted octanol–water partition coefficient (Wildman–Crippen LogP) is 3.88. The molecule has 0 fully saturated rings. The Morgan fingerprint density at radius 1 is 1.38 bits per heavy atom. The summed E-state index contributed by atoms with van der Waals surface area (Å²) in [5.74, 6) is -0.273. The topological polar surface area (TPSA) is 12.0 Å². The molecule has 88 valence electrons. The summed E-state index contributed by atoms with van der Waals surface area (Å²) in [6.07, 6.45) is 5.80. The maximum atomic E-state index is 13.3. The summed E-state index contributed by atoms with van der Waals surface area (Å²) in [4.78, 5) is 0. The van der Waals surface area contributed by atoms with Gasteiger partial charge in [-0.2, -0.15) is 0 Å². The predicted molar refractivity (Wildman–Crippen MR) is 68.2 cm³/mol. The van der Waals surface area contributed by atoms with Gasteiger partial charge in [0.15, 0.2) is 0 Å². The average Bonchev–Trinajstić information content (AvgIpc) is 2.26. The van der Waals surface area contributed by atoms with Crippen LogP contribution >= 0.6 is 11.6 Å². The van der Waals surface area contributed by atoms with E-state index in [-0.39, 0.29) is 5.82 Å². The number of halogens is 2. The van der Waals surface area contributed by atoms with Crippen molar-refractivity contribution >= 4 is 17.7 Å². The Labute approximate surface area is 101 Å². The lowest BCUT2D eigenvalue weighted by atomic mass is 10.2. The molecule has 0 bridgehead atoms. The maximum Gasteiger partial charge on any atom is 0.131 e. The van der Waals surface area contributed by atoms with E-state index in [4.69, 9.17) is 11.6 Å². The molecule has 0 amide bonds. The van der Waals surface area contributed by atoms with E-state index >= 15 is 0 Å². The Morgan fingerprint density at radius 3 is 2.88 bits per heavy atom. The van der Waals surface area contributed by atoms with E-state index in [0.29, 0.717) is 10.6 Å². The highest BCUT2D eigenvalue weighted by Crippen LogP contribution is 2.15. The number of rotatable bonds is 6. The summed E-state index contributed by atoms with van der Waals surface area (Å²) < 4.78 is 13.3. The molecule has 1 nitrogen and oxygen atoms in total. The fraction of sp³-hybridized carbons (Fsp3) is 0.385. The van der Waals surface area contributed by atoms with Gasteiger partial charge in [-0.25, -0.2) is 4.39 Å². The monoisotopic (exact) mass is 241 g/mol. The summed E-state index contributed by atoms with van der Waals surface area (Å²) in [5.41, 5.74) is 0.583. The third-order valence-corrected chi connectivity index (χ3v) is 2.41. The molecule has 0 aliphatic heterocycles. The zero-order valence-corrected chi connectivity index (χ0v) is 10.2. The molecule has 0 aliphatic rings. The normalized spacial score (nSPS) is 11.2. The van der Waals surface area contributed by atoms with Gasteiger partial charge in [0.1, 0.15) is 5.82 Å². The third-order valence-electron chi connectivity index (χ3n) is 2.17. The summed E-state index contributed by atoms with van der Waals surface area (Å²) in [7, 11) is 0. The Kier molecular flexibility index (Phi) is 6.12. The zero-order valence-electron chi connectivity index (χ0n) is 9.47. The Hall–Kier alpha value is -0.860. The molecule has 3 heteroatoms. The Balaban J connectivity index is 2.38. The quantitative estimate of drug-likeness (QED) is 0.746. The van der Waals surface area contributed by atoms with Crippen molar-refractivity contribution in [3.05, 3.63) is 40.7 Å². The smallest absolute Gasteiger partial charge is 0.131 e. The van der Waals surface area contributed by atoms with E-state index in [0.717, 1.165) is 25.9 Å². The van der Waals surface area contributed by atoms with Crippen LogP contribution in [0.4, 0.5) is 4.39 Å². The summed E-state index contributed by atoms with van der Waals surface area (Å²) in [6.45, 7) is 4.09. The SMILES string of the molecule is CCCNCCC=Cc1ccc(Cl)cc1F. The van der Waals surface area contributed by atoms with E-state index in [1.54, 1.807) is 18.2 Å². The minimum absolute atomic E-state index is 0.273. The van der Waals surface area contributed by atoms with Crippen molar-refractivity contribution in [3.63, 3.8) is 0 Å². The first-order valence-electron chi connectivity index (χ1n) is 5.56. The van der Waals surface area contributed by atoms with Crippen LogP contribution in [0, 0.1) is 5.82 Å². The number of benzene rings is 1. The molecule has 0 unspecified atom stereocenters. The molecule has 0 heterocycles. The van der Waals surface area contributed by atoms with Crippen molar-refractivity contribution in [2.24, 2.45) is 0 Å². The largest absolute Gasteiger partial charge is 0.316 e. The van der Waals surface area contributed by atoms with E-state index in [1.165, 1.54) is 6.07 Å². The van der Waals surface area contributed by atoms with Gasteiger partial charge in [-0.3, -0.25) is 0 Å². The van der Waals surface area contributed by atoms with Gasteiger partial charge in [0.25, 0.3) is 0 Å². The molecule has 1 N–H and O–H groups in total. The lowest BCUT2D eigenvalue weighted by molar-refractivity contribution is 0.625. The molecule has 0 spiro atoms. The van der Waals surface area contributed by atoms with Gasteiger partial charge in [0.2, 0.25) is 0 Å². The van der Waals surface area contributed by atoms with E-state index in [2.05, 4.69) is 12.2 Å². The first-order chi connectivity index (χ1) is 7.74. The summed E-state index contributed by atoms with van der Waals surface area (Å²) in [5, 5.41) is 3.71. The molecule has 0 atom stereocenters. The highest BCUT2D eigenvalue weighted by molar-refractivity contribution is 6.30. The molecule has 0 aromatic heterocycles. The Bertz CT molecular complexity index is 350. The molecule has 16 heavy (non-hydrogen) atoms. The molecule has 0 saturated carbocycles. The molecular formula is C13H17ClFN. The Morgan fingerprint density at radius 2 is 2.19 bits per heavy atom. The molecular weight excluding hydrogens is 225 g/mol. The molecule has 0 radical (unpaired) electrons. The van der Waals surface area contributed by atoms with Crippen molar-refractivity contribution in [2.75, 3.05) is 13.1 Å². The second-order valence-electron chi connectivity index (χ2n) is 3.61. The standard InChI is InChI=1S/C13H17ClFN/c1-2-8-16-9-4-3-5-11-6-7-12(14)10-13(11)15/h3,5-7,10,16H,2,4,8-9H2,1H3. The maximum absolute atomic E-state index is 13.3. The highest BCUT2D eigenvalue weighted by Gasteiger charge is 1.98. The summed E-state index contributed by atoms with van der Waals surface area (Å²) in [6, 6.07) is 4.71. The third kappa shape index (κ3) is 4.77. The second-order valence-corrected chi connectivity index (χ2v) is 4.04. The lowest BCUT2D eigenvalue weighted by Gasteiger charge is -1.99. The van der Waals surface area contributed by atoms with Crippen LogP contribution in [0.1, 0.15) is 25.3 Å². The van der Waals surface area contributed by atoms with Gasteiger partial charge in [0, 0.05) is 10.6 Å². The van der Waals surface area contributed by atoms with Crippen molar-refractivity contribution in [3.8, 4) is 0 Å². The van der Waals surface area contributed by atoms with Crippen molar-refractivity contribution < 1.29 is 4.39 Å². The van der Waals surface area contributed by atoms with Crippen molar-refractivity contribution in [1.82, 2.24) is 5.32 Å². The molecule has 0 saturated heterocycles. The molecule has 1 aromatic rings. The average molecular weight is 242 g/mol. The number of nitrogens with one attached hydrogen (secondary N) is 1. The van der Waals surface area contributed by atoms with Crippen LogP contribution in [0.5, 0.6) is 0 Å². The molecule has 1 rings (SSSR count). The lowest BCUT2D eigenvalue weighted by Crippen LogP contribution is -2.14. The molecule has 1 aromatic carbocycles. The van der Waals surface area contributed by atoms with Crippen LogP contribution in [0.2, 0.25) is 5.02 Å². The van der Waals surface area contributed by atoms with E-state index in [9.17, 15) is 4.39 Å². The highest BCUT2D eigenvalue weighted by atomic mass is 35.5. The second kappa shape index (κ2) is 7.42. The van der Waals surface area contributed by atoms with Crippen LogP contribution in [-0.4, -0.2) is 13.1 Å². The fourth-order valence-electron chi connectivity index (χ4n) is 1.33. The van der Waals surface area contributed by atoms with E-state index < -0.39 is 0 Å². The van der Waals surface area contributed by atoms with E-state index in [1.807, 2.05) is 6.08 Å². The van der Waals surface area contributed by atoms with Gasteiger partial charge in [-0.1, -0.05) is 36.7 Å². The van der Waals surface area contributed by atoms with Crippen molar-refractivity contribution in [1.29, 1.82) is 0 Å². The van der Waals surface area contributed by atoms with Gasteiger partial charge >= 0.3 is 0 Å². The van der Waals surface area contributed by atoms with Crippen molar-refractivity contribution in [2.45, 2.75) is 19.8 Å². The van der Waals surface area contributed by atoms with Gasteiger partial charge in [-0.15, -0.1) is 0 Å². The van der Waals surface area contributed by atoms with Gasteiger partial charge < -0.3 is 5.32 Å². The summed E-state index contributed by atoms with van der Waals surface area (Å²) >= 11 is 5.66. The number of hydrogen-bond donors (Lipinski definition) is 1. The van der Waals surface area contributed by atoms with Gasteiger partial charge in [0.05, 0.1) is 0 Å². The number of hydrogen-bond acceptors (Lipinski definition) is 1. The first kappa shape index (κ1) is 13.2. The molecule has 0 aliphatic carbocycles. The first-order valence-corrected chi connectivity index (χ1v) is 5.94. The fourth-order valence-corrected chi connectivity index (χ4v) is 1.49. The van der Waals surface area contributed by atoms with Gasteiger partial charge in [-0.05, 0) is 38.1 Å². The van der Waals surface area contributed by atoms with Crippen LogP contribution in [0.15, 0.2) is 24.3 Å². The van der Waals surface area contributed by atoms with Crippen LogP contribution < -0.4 is 5.32 Å². The van der Waals surface area contributed by atoms with Crippen LogP contribution in [-0.2, 0) is 0 Å². The zero-order chi connectivity index (χ0) is 11.8. The minimum atomic E-state index is -0.273. The van der Waals surface area contributed by atoms with Crippen LogP contribution in [0.25, 0.3) is 6.08 Å². The van der Waals surface area contributed by atoms with Crippen LogP contribution in [0.3, 0.4) is 0 Å². The minimum Gasteiger partial charge on any atom is -0.316 e.